The maximum atomic E-state index is 11.3. The second-order valence-corrected chi connectivity index (χ2v) is 3.48. The van der Waals surface area contributed by atoms with Crippen LogP contribution in [0.25, 0.3) is 0 Å². The number of carbonyl (C=O) groups is 3. The third-order valence-electron chi connectivity index (χ3n) is 1.95. The highest BCUT2D eigenvalue weighted by molar-refractivity contribution is 6.01. The van der Waals surface area contributed by atoms with E-state index in [1.807, 2.05) is 0 Å². The summed E-state index contributed by atoms with van der Waals surface area (Å²) in [5.41, 5.74) is 3.51. The van der Waals surface area contributed by atoms with E-state index in [-0.39, 0.29) is 19.0 Å². The first-order valence-electron chi connectivity index (χ1n) is 4.39. The summed E-state index contributed by atoms with van der Waals surface area (Å²) in [5.74, 6) is -0.939. The molecule has 0 aliphatic rings. The summed E-state index contributed by atoms with van der Waals surface area (Å²) in [7, 11) is 0. The number of hydrogen-bond donors (Lipinski definition) is 1. The summed E-state index contributed by atoms with van der Waals surface area (Å²) in [6.45, 7) is 4.01. The first-order chi connectivity index (χ1) is 6.78. The predicted molar refractivity (Wildman–Crippen MR) is 51.0 cm³/mol. The highest BCUT2D eigenvalue weighted by Gasteiger charge is 2.34. The lowest BCUT2D eigenvalue weighted by atomic mass is 9.89. The second-order valence-electron chi connectivity index (χ2n) is 3.48. The van der Waals surface area contributed by atoms with Crippen molar-refractivity contribution >= 4 is 17.8 Å². The van der Waals surface area contributed by atoms with Crippen molar-refractivity contribution in [2.45, 2.75) is 20.8 Å². The Hall–Kier alpha value is -1.59. The Morgan fingerprint density at radius 2 is 1.60 bits per heavy atom. The molecule has 6 nitrogen and oxygen atoms in total. The number of carbonyl (C=O) groups excluding carboxylic acids is 3. The van der Waals surface area contributed by atoms with Gasteiger partial charge in [-0.1, -0.05) is 0 Å². The predicted octanol–water partition coefficient (Wildman–Crippen LogP) is 0.240. The number of esters is 1. The fourth-order valence-electron chi connectivity index (χ4n) is 0.601. The SMILES string of the molecule is CC(=O)C(C)(C)C(=O)OCCOC(N)=O. The number of nitrogens with two attached hydrogens (primary N) is 1. The molecule has 2 N–H and O–H groups in total. The maximum absolute atomic E-state index is 11.3. The van der Waals surface area contributed by atoms with Gasteiger partial charge in [0.15, 0.2) is 0 Å². The van der Waals surface area contributed by atoms with E-state index in [4.69, 9.17) is 4.74 Å². The summed E-state index contributed by atoms with van der Waals surface area (Å²) in [6.07, 6.45) is -0.933. The minimum absolute atomic E-state index is 0.113. The van der Waals surface area contributed by atoms with Crippen LogP contribution >= 0.6 is 0 Å². The molecule has 0 saturated heterocycles. The smallest absolute Gasteiger partial charge is 0.404 e. The standard InChI is InChI=1S/C9H15NO5/c1-6(11)9(2,3)7(12)14-4-5-15-8(10)13/h4-5H2,1-3H3,(H2,10,13). The van der Waals surface area contributed by atoms with Crippen molar-refractivity contribution in [3.05, 3.63) is 0 Å². The van der Waals surface area contributed by atoms with Crippen molar-refractivity contribution < 1.29 is 23.9 Å². The Morgan fingerprint density at radius 3 is 2.00 bits per heavy atom. The molecule has 0 saturated carbocycles. The molecule has 0 radical (unpaired) electrons. The molecule has 0 fully saturated rings. The van der Waals surface area contributed by atoms with Gasteiger partial charge >= 0.3 is 12.1 Å². The van der Waals surface area contributed by atoms with E-state index in [0.29, 0.717) is 0 Å². The summed E-state index contributed by atoms with van der Waals surface area (Å²) in [6, 6.07) is 0. The van der Waals surface area contributed by atoms with E-state index in [1.165, 1.54) is 20.8 Å². The Kier molecular flexibility index (Phi) is 4.77. The Labute approximate surface area is 87.7 Å². The Balaban J connectivity index is 3.94. The molecule has 0 spiro atoms. The Morgan fingerprint density at radius 1 is 1.13 bits per heavy atom. The van der Waals surface area contributed by atoms with Crippen LogP contribution in [0.4, 0.5) is 4.79 Å². The van der Waals surface area contributed by atoms with E-state index in [9.17, 15) is 14.4 Å². The Bertz CT molecular complexity index is 272. The molecule has 0 aromatic rings. The molecule has 0 rings (SSSR count). The molecule has 0 aromatic heterocycles. The lowest BCUT2D eigenvalue weighted by molar-refractivity contribution is -0.158. The van der Waals surface area contributed by atoms with Crippen molar-refractivity contribution in [3.8, 4) is 0 Å². The van der Waals surface area contributed by atoms with Gasteiger partial charge in [-0.15, -0.1) is 0 Å². The molecule has 0 bridgehead atoms. The first-order valence-corrected chi connectivity index (χ1v) is 4.39. The third-order valence-corrected chi connectivity index (χ3v) is 1.95. The number of rotatable bonds is 5. The summed E-state index contributed by atoms with van der Waals surface area (Å²) in [5, 5.41) is 0. The van der Waals surface area contributed by atoms with Crippen molar-refractivity contribution in [2.24, 2.45) is 11.1 Å². The molecule has 0 aromatic carbocycles. The summed E-state index contributed by atoms with van der Waals surface area (Å²) >= 11 is 0. The zero-order chi connectivity index (χ0) is 12.1. The second kappa shape index (κ2) is 5.33. The molecule has 0 aliphatic heterocycles. The number of amides is 1. The van der Waals surface area contributed by atoms with E-state index in [0.717, 1.165) is 0 Å². The van der Waals surface area contributed by atoms with Crippen LogP contribution in [0.5, 0.6) is 0 Å². The van der Waals surface area contributed by atoms with Gasteiger partial charge in [-0.3, -0.25) is 9.59 Å². The highest BCUT2D eigenvalue weighted by Crippen LogP contribution is 2.18. The van der Waals surface area contributed by atoms with Gasteiger partial charge in [-0.25, -0.2) is 4.79 Å². The van der Waals surface area contributed by atoms with Gasteiger partial charge < -0.3 is 15.2 Å². The lowest BCUT2D eigenvalue weighted by Crippen LogP contribution is -2.34. The minimum Gasteiger partial charge on any atom is -0.461 e. The number of primary amides is 1. The highest BCUT2D eigenvalue weighted by atomic mass is 16.6. The van der Waals surface area contributed by atoms with Crippen molar-refractivity contribution in [1.82, 2.24) is 0 Å². The summed E-state index contributed by atoms with van der Waals surface area (Å²) < 4.78 is 9.07. The summed E-state index contributed by atoms with van der Waals surface area (Å²) in [4.78, 5) is 32.5. The molecule has 1 amide bonds. The van der Waals surface area contributed by atoms with Crippen molar-refractivity contribution in [2.75, 3.05) is 13.2 Å². The molecule has 86 valence electrons. The van der Waals surface area contributed by atoms with Crippen LogP contribution in [0, 0.1) is 5.41 Å². The van der Waals surface area contributed by atoms with Crippen LogP contribution in [0.15, 0.2) is 0 Å². The van der Waals surface area contributed by atoms with Gasteiger partial charge in [0.2, 0.25) is 0 Å². The molecule has 0 aliphatic carbocycles. The van der Waals surface area contributed by atoms with Gasteiger partial charge in [-0.05, 0) is 20.8 Å². The molecule has 15 heavy (non-hydrogen) atoms. The van der Waals surface area contributed by atoms with E-state index in [1.54, 1.807) is 0 Å². The normalized spacial score (nSPS) is 10.6. The number of hydrogen-bond acceptors (Lipinski definition) is 5. The van der Waals surface area contributed by atoms with Gasteiger partial charge in [0.1, 0.15) is 24.4 Å². The van der Waals surface area contributed by atoms with E-state index >= 15 is 0 Å². The quantitative estimate of drug-likeness (QED) is 0.404. The fraction of sp³-hybridized carbons (Fsp3) is 0.667. The number of ketones is 1. The molecular formula is C9H15NO5. The monoisotopic (exact) mass is 217 g/mol. The molecule has 6 heteroatoms. The van der Waals surface area contributed by atoms with Crippen LogP contribution in [0.1, 0.15) is 20.8 Å². The van der Waals surface area contributed by atoms with Gasteiger partial charge in [0, 0.05) is 0 Å². The van der Waals surface area contributed by atoms with Crippen LogP contribution in [-0.2, 0) is 19.1 Å². The molecule has 0 atom stereocenters. The average Bonchev–Trinajstić information content (AvgIpc) is 2.11. The van der Waals surface area contributed by atoms with Gasteiger partial charge in [-0.2, -0.15) is 0 Å². The largest absolute Gasteiger partial charge is 0.461 e. The van der Waals surface area contributed by atoms with Gasteiger partial charge in [0.05, 0.1) is 0 Å². The topological polar surface area (TPSA) is 95.7 Å². The van der Waals surface area contributed by atoms with Crippen LogP contribution < -0.4 is 5.73 Å². The van der Waals surface area contributed by atoms with E-state index < -0.39 is 17.5 Å². The van der Waals surface area contributed by atoms with Crippen molar-refractivity contribution in [1.29, 1.82) is 0 Å². The van der Waals surface area contributed by atoms with Crippen LogP contribution in [-0.4, -0.2) is 31.1 Å². The van der Waals surface area contributed by atoms with Crippen molar-refractivity contribution in [3.63, 3.8) is 0 Å². The zero-order valence-corrected chi connectivity index (χ0v) is 9.03. The molecule has 0 unspecified atom stereocenters. The molecule has 0 heterocycles. The zero-order valence-electron chi connectivity index (χ0n) is 9.03. The fourth-order valence-corrected chi connectivity index (χ4v) is 0.601. The minimum atomic E-state index is -1.17. The van der Waals surface area contributed by atoms with Gasteiger partial charge in [0.25, 0.3) is 0 Å². The van der Waals surface area contributed by atoms with Crippen LogP contribution in [0.3, 0.4) is 0 Å². The lowest BCUT2D eigenvalue weighted by Gasteiger charge is -2.18. The van der Waals surface area contributed by atoms with E-state index in [2.05, 4.69) is 10.5 Å². The third kappa shape index (κ3) is 4.44. The first kappa shape index (κ1) is 13.4. The number of ether oxygens (including phenoxy) is 2. The van der Waals surface area contributed by atoms with Crippen LogP contribution in [0.2, 0.25) is 0 Å². The maximum Gasteiger partial charge on any atom is 0.404 e. The number of Topliss-reactive ketones (excluding diaryl/α,β-unsaturated/α-hetero) is 1. The molecular weight excluding hydrogens is 202 g/mol. The average molecular weight is 217 g/mol.